The lowest BCUT2D eigenvalue weighted by molar-refractivity contribution is 0.108. The number of carbonyl (C=O) groups is 2. The molecule has 0 aliphatic rings. The van der Waals surface area contributed by atoms with E-state index in [9.17, 15) is 9.59 Å². The van der Waals surface area contributed by atoms with Gasteiger partial charge in [-0.2, -0.15) is 0 Å². The van der Waals surface area contributed by atoms with Crippen molar-refractivity contribution in [2.75, 3.05) is 0 Å². The van der Waals surface area contributed by atoms with Crippen molar-refractivity contribution in [1.82, 2.24) is 0 Å². The van der Waals surface area contributed by atoms with Gasteiger partial charge >= 0.3 is 0 Å². The number of rotatable bonds is 6. The van der Waals surface area contributed by atoms with Gasteiger partial charge in [0, 0.05) is 21.6 Å². The largest absolute Gasteiger partial charge is 0.282 e. The second-order valence-corrected chi connectivity index (χ2v) is 8.22. The van der Waals surface area contributed by atoms with Crippen LogP contribution in [0.15, 0.2) is 60.7 Å². The molecule has 2 aromatic rings. The van der Waals surface area contributed by atoms with Crippen molar-refractivity contribution in [3.8, 4) is 0 Å². The molecule has 0 saturated heterocycles. The zero-order valence-electron chi connectivity index (χ0n) is 13.3. The van der Waals surface area contributed by atoms with Gasteiger partial charge in [0.05, 0.1) is 0 Å². The summed E-state index contributed by atoms with van der Waals surface area (Å²) in [7, 11) is 0. The van der Waals surface area contributed by atoms with Gasteiger partial charge < -0.3 is 0 Å². The zero-order chi connectivity index (χ0) is 16.7. The summed E-state index contributed by atoms with van der Waals surface area (Å²) in [5.41, 5.74) is 1.45. The lowest BCUT2D eigenvalue weighted by Gasteiger charge is -2.15. The quantitative estimate of drug-likeness (QED) is 0.712. The summed E-state index contributed by atoms with van der Waals surface area (Å²) in [6, 6.07) is 18.6. The van der Waals surface area contributed by atoms with Crippen molar-refractivity contribution in [3.05, 3.63) is 71.8 Å². The van der Waals surface area contributed by atoms with Crippen molar-refractivity contribution >= 4 is 33.8 Å². The highest BCUT2D eigenvalue weighted by atomic mass is 32.2. The molecule has 120 valence electrons. The highest BCUT2D eigenvalue weighted by Crippen LogP contribution is 2.27. The van der Waals surface area contributed by atoms with Crippen LogP contribution >= 0.6 is 23.5 Å². The summed E-state index contributed by atoms with van der Waals surface area (Å²) < 4.78 is 0. The fourth-order valence-corrected chi connectivity index (χ4v) is 4.38. The molecule has 2 rings (SSSR count). The Morgan fingerprint density at radius 2 is 1.09 bits per heavy atom. The fourth-order valence-electron chi connectivity index (χ4n) is 2.21. The first-order valence-corrected chi connectivity index (χ1v) is 9.34. The SMILES string of the molecule is CC(CC(C)SC(=O)c1ccccc1)SC(=O)c1ccccc1. The van der Waals surface area contributed by atoms with E-state index in [2.05, 4.69) is 0 Å². The number of thioether (sulfide) groups is 2. The second-order valence-electron chi connectivity index (χ2n) is 5.40. The Labute approximate surface area is 146 Å². The van der Waals surface area contributed by atoms with E-state index in [1.807, 2.05) is 74.5 Å². The molecule has 0 aromatic heterocycles. The Morgan fingerprint density at radius 3 is 1.43 bits per heavy atom. The number of hydrogen-bond donors (Lipinski definition) is 0. The number of benzene rings is 2. The maximum atomic E-state index is 12.2. The molecule has 0 aliphatic carbocycles. The summed E-state index contributed by atoms with van der Waals surface area (Å²) in [6.07, 6.45) is 0.812. The topological polar surface area (TPSA) is 34.1 Å². The maximum Gasteiger partial charge on any atom is 0.219 e. The average Bonchev–Trinajstić information content (AvgIpc) is 2.56. The van der Waals surface area contributed by atoms with Crippen LogP contribution in [-0.4, -0.2) is 20.7 Å². The van der Waals surface area contributed by atoms with E-state index in [0.717, 1.165) is 17.5 Å². The molecule has 0 saturated carbocycles. The van der Waals surface area contributed by atoms with Gasteiger partial charge in [-0.1, -0.05) is 98.0 Å². The molecule has 0 bridgehead atoms. The smallest absolute Gasteiger partial charge is 0.219 e. The Balaban J connectivity index is 1.82. The lowest BCUT2D eigenvalue weighted by Crippen LogP contribution is -2.11. The van der Waals surface area contributed by atoms with Crippen LogP contribution in [0.3, 0.4) is 0 Å². The van der Waals surface area contributed by atoms with Crippen molar-refractivity contribution in [2.24, 2.45) is 0 Å². The minimum absolute atomic E-state index is 0.0877. The third-order valence-corrected chi connectivity index (χ3v) is 5.39. The molecule has 0 aliphatic heterocycles. The van der Waals surface area contributed by atoms with Crippen LogP contribution in [0, 0.1) is 0 Å². The van der Waals surface area contributed by atoms with E-state index < -0.39 is 0 Å². The van der Waals surface area contributed by atoms with E-state index in [1.165, 1.54) is 23.5 Å². The third-order valence-electron chi connectivity index (χ3n) is 3.30. The molecule has 0 radical (unpaired) electrons. The van der Waals surface area contributed by atoms with Crippen molar-refractivity contribution in [2.45, 2.75) is 30.8 Å². The van der Waals surface area contributed by atoms with Crippen LogP contribution in [0.25, 0.3) is 0 Å². The normalized spacial score (nSPS) is 13.3. The monoisotopic (exact) mass is 344 g/mol. The predicted molar refractivity (Wildman–Crippen MR) is 100 cm³/mol. The van der Waals surface area contributed by atoms with Crippen LogP contribution in [0.5, 0.6) is 0 Å². The molecule has 2 aromatic carbocycles. The van der Waals surface area contributed by atoms with Crippen LogP contribution in [0.4, 0.5) is 0 Å². The molecular weight excluding hydrogens is 324 g/mol. The van der Waals surface area contributed by atoms with Gasteiger partial charge in [0.2, 0.25) is 10.2 Å². The van der Waals surface area contributed by atoms with Gasteiger partial charge in [-0.25, -0.2) is 0 Å². The third kappa shape index (κ3) is 5.88. The van der Waals surface area contributed by atoms with E-state index >= 15 is 0 Å². The molecule has 0 N–H and O–H groups in total. The Kier molecular flexibility index (Phi) is 6.93. The molecular formula is C19H20O2S2. The molecule has 2 unspecified atom stereocenters. The Hall–Kier alpha value is -1.52. The number of carbonyl (C=O) groups excluding carboxylic acids is 2. The first-order valence-electron chi connectivity index (χ1n) is 7.58. The summed E-state index contributed by atoms with van der Waals surface area (Å²) >= 11 is 2.68. The minimum atomic E-state index is 0.0877. The van der Waals surface area contributed by atoms with Gasteiger partial charge in [0.25, 0.3) is 0 Å². The Bertz CT molecular complexity index is 583. The Morgan fingerprint density at radius 1 is 0.739 bits per heavy atom. The van der Waals surface area contributed by atoms with E-state index in [4.69, 9.17) is 0 Å². The highest BCUT2D eigenvalue weighted by molar-refractivity contribution is 8.15. The molecule has 2 atom stereocenters. The van der Waals surface area contributed by atoms with Crippen molar-refractivity contribution in [1.29, 1.82) is 0 Å². The molecule has 0 spiro atoms. The summed E-state index contributed by atoms with van der Waals surface area (Å²) in [5.74, 6) is 0. The van der Waals surface area contributed by atoms with Crippen LogP contribution in [-0.2, 0) is 0 Å². The summed E-state index contributed by atoms with van der Waals surface area (Å²) in [6.45, 7) is 4.07. The predicted octanol–water partition coefficient (Wildman–Crippen LogP) is 5.30. The first kappa shape index (κ1) is 17.8. The minimum Gasteiger partial charge on any atom is -0.282 e. The van der Waals surface area contributed by atoms with Gasteiger partial charge in [-0.15, -0.1) is 0 Å². The summed E-state index contributed by atoms with van der Waals surface area (Å²) in [5, 5.41) is 0.525. The van der Waals surface area contributed by atoms with Gasteiger partial charge in [-0.3, -0.25) is 9.59 Å². The van der Waals surface area contributed by atoms with E-state index in [0.29, 0.717) is 0 Å². The average molecular weight is 345 g/mol. The lowest BCUT2D eigenvalue weighted by atomic mass is 10.2. The number of hydrogen-bond acceptors (Lipinski definition) is 4. The fraction of sp³-hybridized carbons (Fsp3) is 0.263. The zero-order valence-corrected chi connectivity index (χ0v) is 14.9. The molecule has 0 fully saturated rings. The van der Waals surface area contributed by atoms with E-state index in [1.54, 1.807) is 0 Å². The van der Waals surface area contributed by atoms with Crippen molar-refractivity contribution < 1.29 is 9.59 Å². The highest BCUT2D eigenvalue weighted by Gasteiger charge is 2.18. The summed E-state index contributed by atoms with van der Waals surface area (Å²) in [4.78, 5) is 24.3. The molecule has 4 heteroatoms. The second kappa shape index (κ2) is 8.94. The molecule has 2 nitrogen and oxygen atoms in total. The molecule has 0 amide bonds. The van der Waals surface area contributed by atoms with Gasteiger partial charge in [0.1, 0.15) is 0 Å². The first-order chi connectivity index (χ1) is 11.1. The van der Waals surface area contributed by atoms with Gasteiger partial charge in [-0.05, 0) is 6.42 Å². The molecule has 23 heavy (non-hydrogen) atoms. The van der Waals surface area contributed by atoms with Crippen molar-refractivity contribution in [3.63, 3.8) is 0 Å². The van der Waals surface area contributed by atoms with Gasteiger partial charge in [0.15, 0.2) is 0 Å². The maximum absolute atomic E-state index is 12.2. The van der Waals surface area contributed by atoms with Crippen LogP contribution in [0.1, 0.15) is 41.0 Å². The van der Waals surface area contributed by atoms with Crippen LogP contribution in [0.2, 0.25) is 0 Å². The molecule has 0 heterocycles. The van der Waals surface area contributed by atoms with Crippen LogP contribution < -0.4 is 0 Å². The van der Waals surface area contributed by atoms with E-state index in [-0.39, 0.29) is 20.7 Å². The standard InChI is InChI=1S/C19H20O2S2/c1-14(22-18(20)16-9-5-3-6-10-16)13-15(2)23-19(21)17-11-7-4-8-12-17/h3-12,14-15H,13H2,1-2H3.